The van der Waals surface area contributed by atoms with Gasteiger partial charge in [-0.2, -0.15) is 0 Å². The Morgan fingerprint density at radius 2 is 1.71 bits per heavy atom. The van der Waals surface area contributed by atoms with Crippen LogP contribution in [0.5, 0.6) is 0 Å². The van der Waals surface area contributed by atoms with Gasteiger partial charge in [-0.05, 0) is 38.9 Å². The molecular weight excluding hydrogens is 332 g/mol. The van der Waals surface area contributed by atoms with E-state index in [1.54, 1.807) is 20.8 Å². The second kappa shape index (κ2) is 7.28. The first-order valence-corrected chi connectivity index (χ1v) is 11.5. The van der Waals surface area contributed by atoms with Crippen molar-refractivity contribution in [3.8, 4) is 0 Å². The number of rotatable bonds is 3. The Labute approximate surface area is 146 Å². The molecule has 0 N–H and O–H groups in total. The van der Waals surface area contributed by atoms with Crippen LogP contribution in [0.3, 0.4) is 0 Å². The quantitative estimate of drug-likeness (QED) is 0.681. The predicted octanol–water partition coefficient (Wildman–Crippen LogP) is 4.69. The Morgan fingerprint density at radius 1 is 1.17 bits per heavy atom. The van der Waals surface area contributed by atoms with Crippen molar-refractivity contribution in [3.05, 3.63) is 0 Å². The average Bonchev–Trinajstić information content (AvgIpc) is 2.33. The lowest BCUT2D eigenvalue weighted by Crippen LogP contribution is -2.57. The van der Waals surface area contributed by atoms with Crippen molar-refractivity contribution < 1.29 is 22.7 Å². The molecule has 1 saturated heterocycles. The minimum atomic E-state index is -2.09. The van der Waals surface area contributed by atoms with Gasteiger partial charge in [0.15, 0.2) is 8.32 Å². The number of alkyl halides is 2. The van der Waals surface area contributed by atoms with Crippen LogP contribution in [0.4, 0.5) is 13.6 Å². The number of nitrogens with zero attached hydrogens (tertiary/aromatic N) is 1. The summed E-state index contributed by atoms with van der Waals surface area (Å²) >= 11 is 0. The summed E-state index contributed by atoms with van der Waals surface area (Å²) in [5, 5.41) is -0.0210. The summed E-state index contributed by atoms with van der Waals surface area (Å²) in [7, 11) is -2.09. The van der Waals surface area contributed by atoms with Gasteiger partial charge in [-0.25, -0.2) is 13.6 Å². The summed E-state index contributed by atoms with van der Waals surface area (Å²) in [6, 6.07) is -0.805. The van der Waals surface area contributed by atoms with E-state index in [4.69, 9.17) is 9.16 Å². The molecule has 0 aromatic heterocycles. The minimum Gasteiger partial charge on any atom is -0.444 e. The molecule has 0 aromatic rings. The lowest BCUT2D eigenvalue weighted by atomic mass is 10.00. The number of piperidine rings is 1. The highest BCUT2D eigenvalue weighted by Crippen LogP contribution is 2.37. The maximum Gasteiger partial charge on any atom is 0.410 e. The summed E-state index contributed by atoms with van der Waals surface area (Å²) < 4.78 is 39.6. The second-order valence-corrected chi connectivity index (χ2v) is 13.9. The van der Waals surface area contributed by atoms with Gasteiger partial charge in [0.25, 0.3) is 0 Å². The van der Waals surface area contributed by atoms with E-state index < -0.39 is 38.4 Å². The average molecular weight is 366 g/mol. The highest BCUT2D eigenvalue weighted by Gasteiger charge is 2.44. The van der Waals surface area contributed by atoms with E-state index in [1.165, 1.54) is 0 Å². The van der Waals surface area contributed by atoms with Gasteiger partial charge in [0.1, 0.15) is 17.9 Å². The molecule has 0 radical (unpaired) electrons. The number of carbonyl (C=O) groups is 1. The number of amides is 1. The molecule has 1 aliphatic heterocycles. The molecule has 1 fully saturated rings. The first-order valence-electron chi connectivity index (χ1n) is 8.56. The number of hydrogen-bond donors (Lipinski definition) is 0. The Bertz CT molecular complexity index is 446. The van der Waals surface area contributed by atoms with Crippen molar-refractivity contribution in [1.82, 2.24) is 4.90 Å². The number of hydrogen-bond acceptors (Lipinski definition) is 3. The van der Waals surface area contributed by atoms with E-state index in [9.17, 15) is 13.6 Å². The standard InChI is InChI=1S/C17H33F2NO3Si/c1-16(2,3)23-15(21)20-10-12(18)9-13(19)14(20)11-22-24(7,8)17(4,5)6/h12-14H,9-11H2,1-8H3/t12-,13+,14+/m0/s1. The Kier molecular flexibility index (Phi) is 6.47. The normalized spacial score (nSPS) is 26.4. The highest BCUT2D eigenvalue weighted by molar-refractivity contribution is 6.74. The maximum atomic E-state index is 14.5. The van der Waals surface area contributed by atoms with E-state index in [-0.39, 0.29) is 24.6 Å². The molecule has 1 amide bonds. The van der Waals surface area contributed by atoms with Crippen LogP contribution in [0.15, 0.2) is 0 Å². The van der Waals surface area contributed by atoms with Crippen molar-refractivity contribution in [1.29, 1.82) is 0 Å². The molecule has 3 atom stereocenters. The van der Waals surface area contributed by atoms with Crippen molar-refractivity contribution in [2.45, 2.75) is 90.1 Å². The van der Waals surface area contributed by atoms with Gasteiger partial charge in [-0.3, -0.25) is 4.90 Å². The molecule has 0 aromatic carbocycles. The number of ether oxygens (including phenoxy) is 1. The van der Waals surface area contributed by atoms with Crippen molar-refractivity contribution >= 4 is 14.4 Å². The highest BCUT2D eigenvalue weighted by atomic mass is 28.4. The summed E-state index contributed by atoms with van der Waals surface area (Å²) in [6.07, 6.45) is -3.72. The molecule has 0 bridgehead atoms. The van der Waals surface area contributed by atoms with E-state index in [0.29, 0.717) is 0 Å². The molecular formula is C17H33F2NO3Si. The fraction of sp³-hybridized carbons (Fsp3) is 0.941. The second-order valence-electron chi connectivity index (χ2n) is 9.12. The van der Waals surface area contributed by atoms with Crippen LogP contribution in [0.1, 0.15) is 48.0 Å². The molecule has 0 unspecified atom stereocenters. The van der Waals surface area contributed by atoms with E-state index in [2.05, 4.69) is 33.9 Å². The molecule has 1 aliphatic rings. The van der Waals surface area contributed by atoms with Gasteiger partial charge >= 0.3 is 6.09 Å². The number of halogens is 2. The van der Waals surface area contributed by atoms with E-state index >= 15 is 0 Å². The topological polar surface area (TPSA) is 38.8 Å². The van der Waals surface area contributed by atoms with Gasteiger partial charge in [0.05, 0.1) is 19.2 Å². The maximum absolute atomic E-state index is 14.5. The Morgan fingerprint density at radius 3 is 2.17 bits per heavy atom. The molecule has 1 heterocycles. The zero-order valence-electron chi connectivity index (χ0n) is 16.3. The first kappa shape index (κ1) is 21.3. The van der Waals surface area contributed by atoms with Gasteiger partial charge in [-0.15, -0.1) is 0 Å². The van der Waals surface area contributed by atoms with Crippen LogP contribution in [0.2, 0.25) is 18.1 Å². The Balaban J connectivity index is 2.88. The molecule has 4 nitrogen and oxygen atoms in total. The summed E-state index contributed by atoms with van der Waals surface area (Å²) in [5.41, 5.74) is -0.711. The largest absolute Gasteiger partial charge is 0.444 e. The lowest BCUT2D eigenvalue weighted by Gasteiger charge is -2.43. The predicted molar refractivity (Wildman–Crippen MR) is 94.3 cm³/mol. The zero-order chi connectivity index (χ0) is 18.9. The fourth-order valence-corrected chi connectivity index (χ4v) is 3.28. The molecule has 0 spiro atoms. The van der Waals surface area contributed by atoms with Crippen LogP contribution >= 0.6 is 0 Å². The molecule has 7 heteroatoms. The number of likely N-dealkylation sites (tertiary alicyclic amines) is 1. The summed E-state index contributed by atoms with van der Waals surface area (Å²) in [6.45, 7) is 15.5. The van der Waals surface area contributed by atoms with Crippen LogP contribution in [-0.2, 0) is 9.16 Å². The summed E-state index contributed by atoms with van der Waals surface area (Å²) in [5.74, 6) is 0. The van der Waals surface area contributed by atoms with Gasteiger partial charge in [0, 0.05) is 6.42 Å². The van der Waals surface area contributed by atoms with Crippen LogP contribution < -0.4 is 0 Å². The molecule has 0 saturated carbocycles. The van der Waals surface area contributed by atoms with Crippen molar-refractivity contribution in [3.63, 3.8) is 0 Å². The summed E-state index contributed by atoms with van der Waals surface area (Å²) in [4.78, 5) is 13.5. The van der Waals surface area contributed by atoms with E-state index in [0.717, 1.165) is 4.90 Å². The van der Waals surface area contributed by atoms with E-state index in [1.807, 2.05) is 0 Å². The third kappa shape index (κ3) is 5.69. The van der Waals surface area contributed by atoms with Crippen LogP contribution in [0.25, 0.3) is 0 Å². The van der Waals surface area contributed by atoms with Gasteiger partial charge in [-0.1, -0.05) is 20.8 Å². The van der Waals surface area contributed by atoms with Gasteiger partial charge < -0.3 is 9.16 Å². The zero-order valence-corrected chi connectivity index (χ0v) is 17.3. The molecule has 0 aliphatic carbocycles. The minimum absolute atomic E-state index is 0.0210. The van der Waals surface area contributed by atoms with Crippen LogP contribution in [0, 0.1) is 0 Å². The first-order chi connectivity index (χ1) is 10.6. The van der Waals surface area contributed by atoms with Crippen LogP contribution in [-0.4, -0.2) is 56.4 Å². The molecule has 1 rings (SSSR count). The fourth-order valence-electron chi connectivity index (χ4n) is 2.26. The SMILES string of the molecule is CC(C)(C)OC(=O)N1C[C@@H](F)C[C@@H](F)[C@H]1CO[Si](C)(C)C(C)(C)C. The molecule has 24 heavy (non-hydrogen) atoms. The number of carbonyl (C=O) groups excluding carboxylic acids is 1. The van der Waals surface area contributed by atoms with Crippen molar-refractivity contribution in [2.24, 2.45) is 0 Å². The van der Waals surface area contributed by atoms with Gasteiger partial charge in [0.2, 0.25) is 0 Å². The molecule has 142 valence electrons. The third-order valence-electron chi connectivity index (χ3n) is 4.74. The monoisotopic (exact) mass is 365 g/mol. The van der Waals surface area contributed by atoms with Crippen molar-refractivity contribution in [2.75, 3.05) is 13.2 Å². The smallest absolute Gasteiger partial charge is 0.410 e. The Hall–Kier alpha value is -0.693. The lowest BCUT2D eigenvalue weighted by molar-refractivity contribution is -0.0326. The third-order valence-corrected chi connectivity index (χ3v) is 9.24.